The van der Waals surface area contributed by atoms with Gasteiger partial charge in [0.1, 0.15) is 5.82 Å². The molecule has 0 bridgehead atoms. The zero-order chi connectivity index (χ0) is 19.4. The van der Waals surface area contributed by atoms with Crippen LogP contribution in [0.2, 0.25) is 0 Å². The first-order valence-corrected chi connectivity index (χ1v) is 10.5. The van der Waals surface area contributed by atoms with Gasteiger partial charge in [-0.2, -0.15) is 0 Å². The van der Waals surface area contributed by atoms with Crippen molar-refractivity contribution in [2.24, 2.45) is 5.73 Å². The van der Waals surface area contributed by atoms with Crippen molar-refractivity contribution < 1.29 is 4.79 Å². The second kappa shape index (κ2) is 9.02. The molecule has 1 aliphatic heterocycles. The van der Waals surface area contributed by atoms with Crippen LogP contribution in [-0.2, 0) is 0 Å². The number of nitrogens with one attached hydrogen (secondary N) is 2. The average molecular weight is 374 g/mol. The standard InChI is InChI=1S/C21H35N5O/c1-14-13-19(21(27)24-16(3)22)20(23-15(14)2)26-11-9-18(10-12-26)25-17-7-5-4-6-8-17/h13,16-18,25H,4-12,22H2,1-3H3,(H,24,27). The van der Waals surface area contributed by atoms with Crippen LogP contribution in [0, 0.1) is 13.8 Å². The van der Waals surface area contributed by atoms with Gasteiger partial charge in [0.15, 0.2) is 0 Å². The van der Waals surface area contributed by atoms with Crippen LogP contribution in [0.3, 0.4) is 0 Å². The third kappa shape index (κ3) is 5.20. The third-order valence-corrected chi connectivity index (χ3v) is 5.92. The van der Waals surface area contributed by atoms with E-state index in [1.165, 1.54) is 32.1 Å². The van der Waals surface area contributed by atoms with Gasteiger partial charge in [-0.1, -0.05) is 19.3 Å². The molecule has 1 saturated heterocycles. The highest BCUT2D eigenvalue weighted by Gasteiger charge is 2.26. The molecule has 1 atom stereocenters. The van der Waals surface area contributed by atoms with Gasteiger partial charge in [-0.05, 0) is 58.1 Å². The molecule has 1 aliphatic carbocycles. The SMILES string of the molecule is Cc1cc(C(=O)NC(C)N)c(N2CCC(NC3CCCCC3)CC2)nc1C. The van der Waals surface area contributed by atoms with E-state index in [1.807, 2.05) is 19.9 Å². The minimum absolute atomic E-state index is 0.141. The van der Waals surface area contributed by atoms with Gasteiger partial charge < -0.3 is 21.3 Å². The highest BCUT2D eigenvalue weighted by Crippen LogP contribution is 2.26. The Balaban J connectivity index is 1.67. The third-order valence-electron chi connectivity index (χ3n) is 5.92. The van der Waals surface area contributed by atoms with E-state index in [1.54, 1.807) is 6.92 Å². The quantitative estimate of drug-likeness (QED) is 0.691. The lowest BCUT2D eigenvalue weighted by Gasteiger charge is -2.37. The summed E-state index contributed by atoms with van der Waals surface area (Å²) in [4.78, 5) is 19.7. The van der Waals surface area contributed by atoms with Crippen LogP contribution in [0.15, 0.2) is 6.07 Å². The predicted octanol–water partition coefficient (Wildman–Crippen LogP) is 2.62. The van der Waals surface area contributed by atoms with Crippen LogP contribution in [-0.4, -0.2) is 42.2 Å². The molecule has 2 fully saturated rings. The molecule has 150 valence electrons. The molecular formula is C21H35N5O. The number of piperidine rings is 1. The molecule has 2 aliphatic rings. The average Bonchev–Trinajstić information content (AvgIpc) is 2.64. The summed E-state index contributed by atoms with van der Waals surface area (Å²) in [6.45, 7) is 7.63. The van der Waals surface area contributed by atoms with Crippen LogP contribution in [0.1, 0.15) is 73.5 Å². The summed E-state index contributed by atoms with van der Waals surface area (Å²) < 4.78 is 0. The first-order valence-electron chi connectivity index (χ1n) is 10.5. The largest absolute Gasteiger partial charge is 0.356 e. The first-order chi connectivity index (χ1) is 12.9. The van der Waals surface area contributed by atoms with Crippen molar-refractivity contribution in [2.75, 3.05) is 18.0 Å². The fourth-order valence-electron chi connectivity index (χ4n) is 4.25. The smallest absolute Gasteiger partial charge is 0.256 e. The van der Waals surface area contributed by atoms with Crippen molar-refractivity contribution in [1.29, 1.82) is 0 Å². The van der Waals surface area contributed by atoms with Crippen LogP contribution in [0.4, 0.5) is 5.82 Å². The van der Waals surface area contributed by atoms with E-state index in [0.717, 1.165) is 43.0 Å². The molecular weight excluding hydrogens is 338 g/mol. The molecule has 1 aromatic heterocycles. The summed E-state index contributed by atoms with van der Waals surface area (Å²) >= 11 is 0. The number of aryl methyl sites for hydroxylation is 2. The maximum absolute atomic E-state index is 12.6. The number of carbonyl (C=O) groups is 1. The number of hydrogen-bond donors (Lipinski definition) is 3. The normalized spacial score (nSPS) is 20.5. The van der Waals surface area contributed by atoms with Gasteiger partial charge >= 0.3 is 0 Å². The molecule has 6 nitrogen and oxygen atoms in total. The number of anilines is 1. The lowest BCUT2D eigenvalue weighted by molar-refractivity contribution is 0.0941. The number of nitrogens with two attached hydrogens (primary N) is 1. The highest BCUT2D eigenvalue weighted by atomic mass is 16.1. The molecule has 1 saturated carbocycles. The number of rotatable bonds is 5. The summed E-state index contributed by atoms with van der Waals surface area (Å²) in [6, 6.07) is 3.22. The molecule has 3 rings (SSSR count). The number of hydrogen-bond acceptors (Lipinski definition) is 5. The minimum Gasteiger partial charge on any atom is -0.356 e. The summed E-state index contributed by atoms with van der Waals surface area (Å²) in [5.41, 5.74) is 8.40. The highest BCUT2D eigenvalue weighted by molar-refractivity contribution is 5.99. The Hall–Kier alpha value is -1.66. The van der Waals surface area contributed by atoms with E-state index in [9.17, 15) is 4.79 Å². The molecule has 0 spiro atoms. The van der Waals surface area contributed by atoms with Crippen LogP contribution < -0.4 is 21.3 Å². The van der Waals surface area contributed by atoms with E-state index in [0.29, 0.717) is 17.6 Å². The Morgan fingerprint density at radius 3 is 2.41 bits per heavy atom. The van der Waals surface area contributed by atoms with Gasteiger partial charge in [-0.25, -0.2) is 4.98 Å². The van der Waals surface area contributed by atoms with E-state index in [-0.39, 0.29) is 12.1 Å². The summed E-state index contributed by atoms with van der Waals surface area (Å²) in [7, 11) is 0. The number of nitrogens with zero attached hydrogens (tertiary/aromatic N) is 2. The Morgan fingerprint density at radius 2 is 1.78 bits per heavy atom. The zero-order valence-corrected chi connectivity index (χ0v) is 17.1. The molecule has 1 aromatic rings. The van der Waals surface area contributed by atoms with Gasteiger partial charge in [0.2, 0.25) is 0 Å². The van der Waals surface area contributed by atoms with Crippen molar-refractivity contribution in [3.8, 4) is 0 Å². The van der Waals surface area contributed by atoms with Crippen molar-refractivity contribution in [1.82, 2.24) is 15.6 Å². The van der Waals surface area contributed by atoms with Gasteiger partial charge in [0.05, 0.1) is 11.7 Å². The van der Waals surface area contributed by atoms with Crippen LogP contribution in [0.5, 0.6) is 0 Å². The van der Waals surface area contributed by atoms with E-state index < -0.39 is 0 Å². The van der Waals surface area contributed by atoms with Crippen molar-refractivity contribution in [3.63, 3.8) is 0 Å². The number of pyridine rings is 1. The molecule has 0 aromatic carbocycles. The molecule has 1 amide bonds. The number of aromatic nitrogens is 1. The Bertz CT molecular complexity index is 646. The topological polar surface area (TPSA) is 83.3 Å². The van der Waals surface area contributed by atoms with Crippen LogP contribution >= 0.6 is 0 Å². The molecule has 2 heterocycles. The van der Waals surface area contributed by atoms with Gasteiger partial charge in [0, 0.05) is 30.9 Å². The van der Waals surface area contributed by atoms with E-state index in [4.69, 9.17) is 10.7 Å². The Kier molecular flexibility index (Phi) is 6.71. The Labute approximate surface area is 163 Å². The van der Waals surface area contributed by atoms with Crippen LogP contribution in [0.25, 0.3) is 0 Å². The fourth-order valence-corrected chi connectivity index (χ4v) is 4.25. The van der Waals surface area contributed by atoms with Crippen molar-refractivity contribution in [2.45, 2.75) is 84.0 Å². The second-order valence-corrected chi connectivity index (χ2v) is 8.29. The molecule has 0 radical (unpaired) electrons. The van der Waals surface area contributed by atoms with E-state index >= 15 is 0 Å². The maximum Gasteiger partial charge on any atom is 0.256 e. The number of carbonyl (C=O) groups excluding carboxylic acids is 1. The number of amides is 1. The zero-order valence-electron chi connectivity index (χ0n) is 17.1. The summed E-state index contributed by atoms with van der Waals surface area (Å²) in [6.07, 6.45) is 8.57. The first kappa shape index (κ1) is 20.1. The van der Waals surface area contributed by atoms with Gasteiger partial charge in [-0.15, -0.1) is 0 Å². The van der Waals surface area contributed by atoms with Crippen molar-refractivity contribution in [3.05, 3.63) is 22.9 Å². The lowest BCUT2D eigenvalue weighted by atomic mass is 9.93. The second-order valence-electron chi connectivity index (χ2n) is 8.29. The lowest BCUT2D eigenvalue weighted by Crippen LogP contribution is -2.47. The van der Waals surface area contributed by atoms with Crippen molar-refractivity contribution >= 4 is 11.7 Å². The monoisotopic (exact) mass is 373 g/mol. The predicted molar refractivity (Wildman–Crippen MR) is 110 cm³/mol. The molecule has 1 unspecified atom stereocenters. The summed E-state index contributed by atoms with van der Waals surface area (Å²) in [5.74, 6) is 0.658. The molecule has 27 heavy (non-hydrogen) atoms. The fraction of sp³-hybridized carbons (Fsp3) is 0.714. The molecule has 4 N–H and O–H groups in total. The van der Waals surface area contributed by atoms with E-state index in [2.05, 4.69) is 15.5 Å². The maximum atomic E-state index is 12.6. The van der Waals surface area contributed by atoms with Gasteiger partial charge in [-0.3, -0.25) is 4.79 Å². The summed E-state index contributed by atoms with van der Waals surface area (Å²) in [5, 5.41) is 6.68. The minimum atomic E-state index is -0.377. The van der Waals surface area contributed by atoms with Gasteiger partial charge in [0.25, 0.3) is 5.91 Å². The Morgan fingerprint density at radius 1 is 1.15 bits per heavy atom. The molecule has 6 heteroatoms.